The van der Waals surface area contributed by atoms with Crippen LogP contribution in [0.3, 0.4) is 0 Å². The van der Waals surface area contributed by atoms with Gasteiger partial charge in [-0.1, -0.05) is 42.5 Å². The predicted octanol–water partition coefficient (Wildman–Crippen LogP) is 4.18. The summed E-state index contributed by atoms with van der Waals surface area (Å²) in [6, 6.07) is 21.2. The Kier molecular flexibility index (Phi) is 8.18. The van der Waals surface area contributed by atoms with Gasteiger partial charge in [0.2, 0.25) is 0 Å². The number of hydrogen-bond donors (Lipinski definition) is 1. The van der Waals surface area contributed by atoms with Crippen LogP contribution in [-0.2, 0) is 9.53 Å². The zero-order valence-corrected chi connectivity index (χ0v) is 18.4. The van der Waals surface area contributed by atoms with E-state index >= 15 is 0 Å². The van der Waals surface area contributed by atoms with Crippen molar-refractivity contribution in [2.45, 2.75) is 12.5 Å². The van der Waals surface area contributed by atoms with Gasteiger partial charge in [0.15, 0.2) is 18.2 Å². The van der Waals surface area contributed by atoms with E-state index in [1.165, 1.54) is 14.2 Å². The average molecular weight is 447 g/mol. The van der Waals surface area contributed by atoms with Crippen LogP contribution in [0.15, 0.2) is 78.9 Å². The highest BCUT2D eigenvalue weighted by Crippen LogP contribution is 2.25. The van der Waals surface area contributed by atoms with Crippen LogP contribution in [0.25, 0.3) is 0 Å². The number of para-hydroxylation sites is 2. The number of esters is 1. The van der Waals surface area contributed by atoms with E-state index in [2.05, 4.69) is 5.32 Å². The molecule has 0 spiro atoms. The van der Waals surface area contributed by atoms with Crippen LogP contribution < -0.4 is 14.8 Å². The Morgan fingerprint density at radius 1 is 0.758 bits per heavy atom. The maximum absolute atomic E-state index is 12.9. The fourth-order valence-corrected chi connectivity index (χ4v) is 3.17. The number of carbonyl (C=O) groups excluding carboxylic acids is 3. The largest absolute Gasteiger partial charge is 0.497 e. The zero-order chi connectivity index (χ0) is 23.6. The van der Waals surface area contributed by atoms with Crippen molar-refractivity contribution in [3.8, 4) is 11.5 Å². The molecule has 0 aromatic heterocycles. The van der Waals surface area contributed by atoms with Gasteiger partial charge in [0, 0.05) is 17.5 Å². The first-order valence-corrected chi connectivity index (χ1v) is 10.3. The smallest absolute Gasteiger partial charge is 0.329 e. The van der Waals surface area contributed by atoms with Crippen LogP contribution in [0.2, 0.25) is 0 Å². The minimum absolute atomic E-state index is 0.155. The predicted molar refractivity (Wildman–Crippen MR) is 124 cm³/mol. The summed E-state index contributed by atoms with van der Waals surface area (Å²) in [5.41, 5.74) is 1.40. The number of rotatable bonds is 11. The number of nitrogens with one attached hydrogen (secondary N) is 1. The Balaban J connectivity index is 1.73. The van der Waals surface area contributed by atoms with Crippen molar-refractivity contribution in [3.63, 3.8) is 0 Å². The van der Waals surface area contributed by atoms with Crippen molar-refractivity contribution in [2.75, 3.05) is 26.1 Å². The first-order valence-electron chi connectivity index (χ1n) is 10.3. The van der Waals surface area contributed by atoms with E-state index in [0.717, 1.165) is 0 Å². The summed E-state index contributed by atoms with van der Waals surface area (Å²) in [5.74, 6) is -0.189. The molecule has 7 heteroatoms. The van der Waals surface area contributed by atoms with Gasteiger partial charge < -0.3 is 19.5 Å². The number of benzene rings is 3. The molecule has 170 valence electrons. The molecule has 33 heavy (non-hydrogen) atoms. The van der Waals surface area contributed by atoms with Gasteiger partial charge in [0.1, 0.15) is 17.5 Å². The summed E-state index contributed by atoms with van der Waals surface area (Å²) in [6.45, 7) is -0.450. The molecule has 0 heterocycles. The molecule has 1 atom stereocenters. The molecule has 0 aliphatic rings. The highest BCUT2D eigenvalue weighted by atomic mass is 16.5. The molecular weight excluding hydrogens is 422 g/mol. The average Bonchev–Trinajstić information content (AvgIpc) is 2.87. The van der Waals surface area contributed by atoms with E-state index < -0.39 is 18.6 Å². The first-order chi connectivity index (χ1) is 16.0. The molecule has 0 fully saturated rings. The monoisotopic (exact) mass is 447 g/mol. The molecule has 7 nitrogen and oxygen atoms in total. The molecule has 0 amide bonds. The lowest BCUT2D eigenvalue weighted by Crippen LogP contribution is -2.35. The zero-order valence-electron chi connectivity index (χ0n) is 18.4. The number of methoxy groups -OCH3 is 2. The summed E-state index contributed by atoms with van der Waals surface area (Å²) >= 11 is 0. The SMILES string of the molecule is COc1ccc(C(=O)COC(=O)[C@H](CC(=O)c2ccccc2)Nc2ccccc2OC)cc1. The van der Waals surface area contributed by atoms with Gasteiger partial charge in [-0.05, 0) is 36.4 Å². The summed E-state index contributed by atoms with van der Waals surface area (Å²) in [5, 5.41) is 3.03. The van der Waals surface area contributed by atoms with Crippen LogP contribution in [0.1, 0.15) is 27.1 Å². The van der Waals surface area contributed by atoms with Crippen LogP contribution in [0.4, 0.5) is 5.69 Å². The van der Waals surface area contributed by atoms with E-state index in [-0.39, 0.29) is 18.0 Å². The van der Waals surface area contributed by atoms with Crippen molar-refractivity contribution in [3.05, 3.63) is 90.0 Å². The summed E-state index contributed by atoms with van der Waals surface area (Å²) in [6.07, 6.45) is -0.155. The van der Waals surface area contributed by atoms with E-state index in [0.29, 0.717) is 28.3 Å². The van der Waals surface area contributed by atoms with Gasteiger partial charge >= 0.3 is 5.97 Å². The lowest BCUT2D eigenvalue weighted by atomic mass is 10.0. The van der Waals surface area contributed by atoms with E-state index in [1.807, 2.05) is 0 Å². The third kappa shape index (κ3) is 6.43. The number of hydrogen-bond acceptors (Lipinski definition) is 7. The third-order valence-corrected chi connectivity index (χ3v) is 4.96. The van der Waals surface area contributed by atoms with Crippen LogP contribution in [-0.4, -0.2) is 44.4 Å². The van der Waals surface area contributed by atoms with Crippen molar-refractivity contribution in [1.82, 2.24) is 0 Å². The van der Waals surface area contributed by atoms with Crippen LogP contribution >= 0.6 is 0 Å². The van der Waals surface area contributed by atoms with Crippen molar-refractivity contribution in [1.29, 1.82) is 0 Å². The summed E-state index contributed by atoms with van der Waals surface area (Å²) in [4.78, 5) is 38.1. The first kappa shape index (κ1) is 23.5. The molecule has 0 saturated heterocycles. The molecule has 0 aliphatic heterocycles. The maximum Gasteiger partial charge on any atom is 0.329 e. The Labute approximate surface area is 192 Å². The van der Waals surface area contributed by atoms with Crippen molar-refractivity contribution in [2.24, 2.45) is 0 Å². The number of carbonyl (C=O) groups is 3. The van der Waals surface area contributed by atoms with Gasteiger partial charge in [0.05, 0.1) is 19.9 Å². The molecule has 3 aromatic rings. The molecule has 0 aliphatic carbocycles. The standard InChI is InChI=1S/C26H25NO6/c1-31-20-14-12-19(13-15-20)24(29)17-33-26(30)22(16-23(28)18-8-4-3-5-9-18)27-21-10-6-7-11-25(21)32-2/h3-15,22,27H,16-17H2,1-2H3/t22-/m0/s1. The molecular formula is C26H25NO6. The van der Waals surface area contributed by atoms with E-state index in [4.69, 9.17) is 14.2 Å². The third-order valence-electron chi connectivity index (χ3n) is 4.96. The second kappa shape index (κ2) is 11.5. The topological polar surface area (TPSA) is 90.9 Å². The number of anilines is 1. The van der Waals surface area contributed by atoms with Gasteiger partial charge in [-0.2, -0.15) is 0 Å². The Bertz CT molecular complexity index is 1100. The summed E-state index contributed by atoms with van der Waals surface area (Å²) < 4.78 is 15.7. The van der Waals surface area contributed by atoms with Gasteiger partial charge in [-0.25, -0.2) is 4.79 Å². The van der Waals surface area contributed by atoms with Crippen molar-refractivity contribution < 1.29 is 28.6 Å². The quantitative estimate of drug-likeness (QED) is 0.348. The lowest BCUT2D eigenvalue weighted by molar-refractivity contribution is -0.143. The Morgan fingerprint density at radius 3 is 2.06 bits per heavy atom. The fourth-order valence-electron chi connectivity index (χ4n) is 3.17. The second-order valence-electron chi connectivity index (χ2n) is 7.15. The molecule has 0 saturated carbocycles. The number of ketones is 2. The maximum atomic E-state index is 12.9. The minimum atomic E-state index is -1.02. The minimum Gasteiger partial charge on any atom is -0.497 e. The highest BCUT2D eigenvalue weighted by Gasteiger charge is 2.26. The van der Waals surface area contributed by atoms with Gasteiger partial charge in [0.25, 0.3) is 0 Å². The van der Waals surface area contributed by atoms with E-state index in [9.17, 15) is 14.4 Å². The molecule has 3 aromatic carbocycles. The second-order valence-corrected chi connectivity index (χ2v) is 7.15. The number of Topliss-reactive ketones (excluding diaryl/α,β-unsaturated/α-hetero) is 2. The van der Waals surface area contributed by atoms with Crippen LogP contribution in [0, 0.1) is 0 Å². The van der Waals surface area contributed by atoms with E-state index in [1.54, 1.807) is 78.9 Å². The molecule has 0 radical (unpaired) electrons. The van der Waals surface area contributed by atoms with Crippen molar-refractivity contribution >= 4 is 23.2 Å². The molecule has 0 bridgehead atoms. The Morgan fingerprint density at radius 2 is 1.39 bits per heavy atom. The molecule has 3 rings (SSSR count). The summed E-state index contributed by atoms with van der Waals surface area (Å²) in [7, 11) is 3.04. The molecule has 0 unspecified atom stereocenters. The van der Waals surface area contributed by atoms with Crippen LogP contribution in [0.5, 0.6) is 11.5 Å². The highest BCUT2D eigenvalue weighted by molar-refractivity contribution is 6.01. The van der Waals surface area contributed by atoms with Gasteiger partial charge in [-0.15, -0.1) is 0 Å². The normalized spacial score (nSPS) is 11.2. The Hall–Kier alpha value is -4.13. The number of ether oxygens (including phenoxy) is 3. The fraction of sp³-hybridized carbons (Fsp3) is 0.192. The lowest BCUT2D eigenvalue weighted by Gasteiger charge is -2.19. The molecule has 1 N–H and O–H groups in total. The van der Waals surface area contributed by atoms with Gasteiger partial charge in [-0.3, -0.25) is 9.59 Å².